The van der Waals surface area contributed by atoms with Gasteiger partial charge in [0.05, 0.1) is 30.2 Å². The Balaban J connectivity index is 0.00000120. The molecular weight excluding hydrogens is 350 g/mol. The zero-order valence-corrected chi connectivity index (χ0v) is 13.6. The molecule has 0 aliphatic heterocycles. The number of benzene rings is 2. The van der Waals surface area contributed by atoms with Gasteiger partial charge in [0.15, 0.2) is 0 Å². The van der Waals surface area contributed by atoms with Gasteiger partial charge in [0.2, 0.25) is 0 Å². The summed E-state index contributed by atoms with van der Waals surface area (Å²) in [6, 6.07) is 22.2. The number of halogens is 1. The molecule has 1 aliphatic rings. The first-order valence-corrected chi connectivity index (χ1v) is 8.60. The first-order valence-electron chi connectivity index (χ1n) is 6.29. The Morgan fingerprint density at radius 2 is 1.17 bits per heavy atom. The van der Waals surface area contributed by atoms with Gasteiger partial charge in [0, 0.05) is 0 Å². The molecule has 1 fully saturated rings. The molecule has 0 radical (unpaired) electrons. The third-order valence-electron chi connectivity index (χ3n) is 3.86. The van der Waals surface area contributed by atoms with Crippen LogP contribution in [-0.2, 0) is 0 Å². The lowest BCUT2D eigenvalue weighted by atomic mass is 10.4. The van der Waals surface area contributed by atoms with E-state index in [-0.39, 0.29) is 24.0 Å². The number of hydrogen-bond acceptors (Lipinski definition) is 0. The summed E-state index contributed by atoms with van der Waals surface area (Å²) in [4.78, 5) is 0. The molecule has 0 saturated heterocycles. The maximum atomic E-state index is 2.51. The second-order valence-corrected chi connectivity index (χ2v) is 8.89. The van der Waals surface area contributed by atoms with Gasteiger partial charge in [-0.05, 0) is 37.1 Å². The van der Waals surface area contributed by atoms with Crippen LogP contribution in [0.25, 0.3) is 0 Å². The molecule has 1 aliphatic carbocycles. The highest BCUT2D eigenvalue weighted by Crippen LogP contribution is 2.65. The van der Waals surface area contributed by atoms with Crippen molar-refractivity contribution in [2.24, 2.45) is 0 Å². The van der Waals surface area contributed by atoms with E-state index < -0.39 is 7.26 Å². The summed E-state index contributed by atoms with van der Waals surface area (Å²) in [5.74, 6) is 0. The third-order valence-corrected chi connectivity index (χ3v) is 8.58. The summed E-state index contributed by atoms with van der Waals surface area (Å²) in [7, 11) is -1.13. The van der Waals surface area contributed by atoms with Gasteiger partial charge in [-0.1, -0.05) is 36.4 Å². The van der Waals surface area contributed by atoms with Crippen molar-refractivity contribution in [2.45, 2.75) is 18.5 Å². The maximum absolute atomic E-state index is 2.51. The van der Waals surface area contributed by atoms with E-state index in [9.17, 15) is 0 Å². The fraction of sp³-hybridized carbons (Fsp3) is 0.250. The Morgan fingerprint density at radius 3 is 1.50 bits per heavy atom. The standard InChI is InChI=1S/C16H18P.HI/c1-17(16-12-13-16,14-8-4-2-5-9-14)15-10-6-3-7-11-15;/h2-11,16H,12-13H2,1H3;1H/q+1;/p-1. The molecule has 0 unspecified atom stereocenters. The molecule has 3 rings (SSSR count). The van der Waals surface area contributed by atoms with Crippen molar-refractivity contribution in [1.29, 1.82) is 0 Å². The third kappa shape index (κ3) is 2.48. The normalized spacial score (nSPS) is 14.9. The highest BCUT2D eigenvalue weighted by atomic mass is 127. The fourth-order valence-electron chi connectivity index (χ4n) is 2.64. The van der Waals surface area contributed by atoms with Crippen molar-refractivity contribution in [3.63, 3.8) is 0 Å². The maximum Gasteiger partial charge on any atom is 0.0991 e. The van der Waals surface area contributed by atoms with Gasteiger partial charge in [0.25, 0.3) is 0 Å². The van der Waals surface area contributed by atoms with Gasteiger partial charge in [-0.25, -0.2) is 0 Å². The highest BCUT2D eigenvalue weighted by molar-refractivity contribution is 7.89. The first kappa shape index (κ1) is 14.0. The van der Waals surface area contributed by atoms with E-state index in [4.69, 9.17) is 0 Å². The van der Waals surface area contributed by atoms with Crippen molar-refractivity contribution >= 4 is 17.9 Å². The lowest BCUT2D eigenvalue weighted by Crippen LogP contribution is -3.00. The number of rotatable bonds is 3. The van der Waals surface area contributed by atoms with E-state index in [1.165, 1.54) is 12.8 Å². The topological polar surface area (TPSA) is 0 Å². The Labute approximate surface area is 127 Å². The average Bonchev–Trinajstić information content (AvgIpc) is 3.24. The van der Waals surface area contributed by atoms with Crippen LogP contribution in [0.4, 0.5) is 0 Å². The van der Waals surface area contributed by atoms with Gasteiger partial charge >= 0.3 is 0 Å². The molecule has 18 heavy (non-hydrogen) atoms. The Bertz CT molecular complexity index is 452. The van der Waals surface area contributed by atoms with Gasteiger partial charge < -0.3 is 24.0 Å². The SMILES string of the molecule is C[P+](c1ccccc1)(c1ccccc1)C1CC1.[I-]. The summed E-state index contributed by atoms with van der Waals surface area (Å²) >= 11 is 0. The molecule has 0 nitrogen and oxygen atoms in total. The lowest BCUT2D eigenvalue weighted by Gasteiger charge is -2.22. The fourth-order valence-corrected chi connectivity index (χ4v) is 6.54. The quantitative estimate of drug-likeness (QED) is 0.546. The summed E-state index contributed by atoms with van der Waals surface area (Å²) in [6.45, 7) is 2.51. The van der Waals surface area contributed by atoms with Crippen molar-refractivity contribution in [3.05, 3.63) is 60.7 Å². The zero-order valence-electron chi connectivity index (χ0n) is 10.6. The highest BCUT2D eigenvalue weighted by Gasteiger charge is 2.51. The van der Waals surface area contributed by atoms with Crippen LogP contribution in [0.3, 0.4) is 0 Å². The van der Waals surface area contributed by atoms with E-state index in [1.54, 1.807) is 10.6 Å². The predicted octanol–water partition coefficient (Wildman–Crippen LogP) is 0.451. The molecule has 0 N–H and O–H groups in total. The first-order chi connectivity index (χ1) is 8.32. The van der Waals surface area contributed by atoms with Gasteiger partial charge in [-0.15, -0.1) is 0 Å². The Hall–Kier alpha value is -0.400. The summed E-state index contributed by atoms with van der Waals surface area (Å²) in [5.41, 5.74) is 0.923. The Kier molecular flexibility index (Phi) is 4.45. The smallest absolute Gasteiger partial charge is 0.0991 e. The summed E-state index contributed by atoms with van der Waals surface area (Å²) in [6.07, 6.45) is 2.82. The van der Waals surface area contributed by atoms with E-state index in [2.05, 4.69) is 67.3 Å². The van der Waals surface area contributed by atoms with Crippen molar-refractivity contribution in [1.82, 2.24) is 0 Å². The second kappa shape index (κ2) is 5.71. The van der Waals surface area contributed by atoms with E-state index in [1.807, 2.05) is 0 Å². The minimum atomic E-state index is -1.13. The molecule has 0 spiro atoms. The Morgan fingerprint density at radius 1 is 0.778 bits per heavy atom. The molecule has 2 aromatic rings. The van der Waals surface area contributed by atoms with Crippen LogP contribution in [0.5, 0.6) is 0 Å². The minimum Gasteiger partial charge on any atom is -1.00 e. The van der Waals surface area contributed by atoms with Gasteiger partial charge in [-0.2, -0.15) is 0 Å². The molecule has 0 amide bonds. The van der Waals surface area contributed by atoms with Crippen LogP contribution in [-0.4, -0.2) is 12.3 Å². The molecule has 0 bridgehead atoms. The molecule has 94 valence electrons. The predicted molar refractivity (Wildman–Crippen MR) is 78.0 cm³/mol. The molecule has 2 heteroatoms. The van der Waals surface area contributed by atoms with E-state index in [0.717, 1.165) is 5.66 Å². The molecule has 1 saturated carbocycles. The minimum absolute atomic E-state index is 0. The van der Waals surface area contributed by atoms with Crippen molar-refractivity contribution in [3.8, 4) is 0 Å². The van der Waals surface area contributed by atoms with Crippen LogP contribution < -0.4 is 34.6 Å². The molecule has 2 aromatic carbocycles. The van der Waals surface area contributed by atoms with Crippen molar-refractivity contribution < 1.29 is 24.0 Å². The van der Waals surface area contributed by atoms with Crippen LogP contribution in [0.1, 0.15) is 12.8 Å². The largest absolute Gasteiger partial charge is 1.00 e. The van der Waals surface area contributed by atoms with Crippen molar-refractivity contribution in [2.75, 3.05) is 6.66 Å². The zero-order chi connectivity index (χ0) is 11.7. The molecule has 0 heterocycles. The van der Waals surface area contributed by atoms with Crippen LogP contribution in [0, 0.1) is 0 Å². The lowest BCUT2D eigenvalue weighted by molar-refractivity contribution is -0.00000338. The average molecular weight is 368 g/mol. The van der Waals surface area contributed by atoms with E-state index in [0.29, 0.717) is 0 Å². The molecule has 0 aromatic heterocycles. The van der Waals surface area contributed by atoms with Crippen LogP contribution >= 0.6 is 7.26 Å². The molecular formula is C16H18IP. The van der Waals surface area contributed by atoms with Crippen LogP contribution in [0.15, 0.2) is 60.7 Å². The second-order valence-electron chi connectivity index (χ2n) is 4.98. The number of hydrogen-bond donors (Lipinski definition) is 0. The monoisotopic (exact) mass is 368 g/mol. The van der Waals surface area contributed by atoms with Crippen LogP contribution in [0.2, 0.25) is 0 Å². The summed E-state index contributed by atoms with van der Waals surface area (Å²) in [5, 5.41) is 3.13. The van der Waals surface area contributed by atoms with E-state index >= 15 is 0 Å². The molecule has 0 atom stereocenters. The van der Waals surface area contributed by atoms with Gasteiger partial charge in [-0.3, -0.25) is 0 Å². The summed E-state index contributed by atoms with van der Waals surface area (Å²) < 4.78 is 0. The van der Waals surface area contributed by atoms with Gasteiger partial charge in [0.1, 0.15) is 0 Å².